The Balaban J connectivity index is 2.57. The zero-order chi connectivity index (χ0) is 12.8. The van der Waals surface area contributed by atoms with Crippen LogP contribution in [0, 0.1) is 12.8 Å². The second kappa shape index (κ2) is 6.24. The molecule has 1 unspecified atom stereocenters. The number of oxime groups is 1. The number of hydrogen-bond acceptors (Lipinski definition) is 4. The number of amidine groups is 1. The van der Waals surface area contributed by atoms with E-state index in [1.807, 2.05) is 25.3 Å². The van der Waals surface area contributed by atoms with Gasteiger partial charge in [0, 0.05) is 4.88 Å². The highest BCUT2D eigenvalue weighted by Crippen LogP contribution is 2.15. The van der Waals surface area contributed by atoms with Crippen molar-refractivity contribution in [3.05, 3.63) is 21.9 Å². The quantitative estimate of drug-likeness (QED) is 0.322. The standard InChI is InChI=1S/C11H17N3O2S/c1-3-8(10(12)14-16)11(15)13-6-9-7(2)4-5-17-9/h4-5,8,16H,3,6H2,1-2H3,(H2,12,14)(H,13,15). The van der Waals surface area contributed by atoms with Crippen LogP contribution in [0.15, 0.2) is 16.6 Å². The molecule has 1 heterocycles. The van der Waals surface area contributed by atoms with Gasteiger partial charge in [0.05, 0.1) is 12.5 Å². The SMILES string of the molecule is CCC(C(=O)NCc1sccc1C)C(N)=NO. The molecular weight excluding hydrogens is 238 g/mol. The summed E-state index contributed by atoms with van der Waals surface area (Å²) in [6.45, 7) is 4.30. The first-order chi connectivity index (χ1) is 8.10. The molecule has 1 rings (SSSR count). The molecule has 0 bridgehead atoms. The Bertz CT molecular complexity index is 415. The van der Waals surface area contributed by atoms with Gasteiger partial charge in [-0.15, -0.1) is 11.3 Å². The number of nitrogens with two attached hydrogens (primary N) is 1. The summed E-state index contributed by atoms with van der Waals surface area (Å²) in [5.74, 6) is -0.830. The molecule has 4 N–H and O–H groups in total. The highest BCUT2D eigenvalue weighted by Gasteiger charge is 2.20. The summed E-state index contributed by atoms with van der Waals surface area (Å²) in [6.07, 6.45) is 0.505. The first kappa shape index (κ1) is 13.5. The van der Waals surface area contributed by atoms with Gasteiger partial charge in [-0.3, -0.25) is 4.79 Å². The predicted octanol–water partition coefficient (Wildman–Crippen LogP) is 1.45. The molecule has 17 heavy (non-hydrogen) atoms. The maximum absolute atomic E-state index is 11.8. The van der Waals surface area contributed by atoms with Gasteiger partial charge in [-0.25, -0.2) is 0 Å². The van der Waals surface area contributed by atoms with Crippen molar-refractivity contribution in [2.75, 3.05) is 0 Å². The Kier molecular flexibility index (Phi) is 4.96. The van der Waals surface area contributed by atoms with Crippen molar-refractivity contribution in [2.45, 2.75) is 26.8 Å². The number of carbonyl (C=O) groups excluding carboxylic acids is 1. The van der Waals surface area contributed by atoms with Gasteiger partial charge in [-0.1, -0.05) is 12.1 Å². The zero-order valence-corrected chi connectivity index (χ0v) is 10.8. The number of thiophene rings is 1. The molecular formula is C11H17N3O2S. The van der Waals surface area contributed by atoms with Crippen LogP contribution >= 0.6 is 11.3 Å². The first-order valence-corrected chi connectivity index (χ1v) is 6.26. The summed E-state index contributed by atoms with van der Waals surface area (Å²) in [6, 6.07) is 2.01. The Morgan fingerprint density at radius 2 is 2.41 bits per heavy atom. The lowest BCUT2D eigenvalue weighted by atomic mass is 10.0. The molecule has 0 aliphatic heterocycles. The molecule has 0 saturated heterocycles. The Morgan fingerprint density at radius 3 is 2.88 bits per heavy atom. The fourth-order valence-electron chi connectivity index (χ4n) is 1.47. The van der Waals surface area contributed by atoms with Gasteiger partial charge >= 0.3 is 0 Å². The second-order valence-electron chi connectivity index (χ2n) is 3.73. The summed E-state index contributed by atoms with van der Waals surface area (Å²) in [4.78, 5) is 12.9. The van der Waals surface area contributed by atoms with Crippen LogP contribution in [0.3, 0.4) is 0 Å². The van der Waals surface area contributed by atoms with Gasteiger partial charge in [-0.2, -0.15) is 0 Å². The third-order valence-electron chi connectivity index (χ3n) is 2.59. The minimum absolute atomic E-state index is 0.0482. The number of nitrogens with zero attached hydrogens (tertiary/aromatic N) is 1. The topological polar surface area (TPSA) is 87.7 Å². The molecule has 5 nitrogen and oxygen atoms in total. The monoisotopic (exact) mass is 255 g/mol. The molecule has 94 valence electrons. The average Bonchev–Trinajstić information content (AvgIpc) is 2.72. The second-order valence-corrected chi connectivity index (χ2v) is 4.73. The van der Waals surface area contributed by atoms with Crippen LogP contribution in [0.2, 0.25) is 0 Å². The largest absolute Gasteiger partial charge is 0.409 e. The summed E-state index contributed by atoms with van der Waals surface area (Å²) >= 11 is 1.60. The van der Waals surface area contributed by atoms with E-state index in [0.29, 0.717) is 13.0 Å². The van der Waals surface area contributed by atoms with Crippen molar-refractivity contribution in [2.24, 2.45) is 16.8 Å². The smallest absolute Gasteiger partial charge is 0.231 e. The minimum atomic E-state index is -0.569. The third kappa shape index (κ3) is 3.45. The van der Waals surface area contributed by atoms with E-state index in [9.17, 15) is 4.79 Å². The van der Waals surface area contributed by atoms with Crippen LogP contribution in [0.25, 0.3) is 0 Å². The van der Waals surface area contributed by atoms with Crippen LogP contribution in [-0.2, 0) is 11.3 Å². The van der Waals surface area contributed by atoms with Crippen LogP contribution in [0.4, 0.5) is 0 Å². The summed E-state index contributed by atoms with van der Waals surface area (Å²) < 4.78 is 0. The minimum Gasteiger partial charge on any atom is -0.409 e. The molecule has 6 heteroatoms. The maximum atomic E-state index is 11.8. The van der Waals surface area contributed by atoms with Crippen molar-refractivity contribution in [1.82, 2.24) is 5.32 Å². The fourth-order valence-corrected chi connectivity index (χ4v) is 2.32. The fraction of sp³-hybridized carbons (Fsp3) is 0.455. The Hall–Kier alpha value is -1.56. The molecule has 0 fully saturated rings. The van der Waals surface area contributed by atoms with Crippen molar-refractivity contribution >= 4 is 23.1 Å². The molecule has 0 aromatic carbocycles. The zero-order valence-electron chi connectivity index (χ0n) is 9.93. The molecule has 1 atom stereocenters. The molecule has 0 aliphatic rings. The lowest BCUT2D eigenvalue weighted by Crippen LogP contribution is -2.38. The van der Waals surface area contributed by atoms with Crippen molar-refractivity contribution in [1.29, 1.82) is 0 Å². The van der Waals surface area contributed by atoms with E-state index in [4.69, 9.17) is 10.9 Å². The molecule has 1 aromatic heterocycles. The normalized spacial score (nSPS) is 13.4. The molecule has 0 aliphatic carbocycles. The first-order valence-electron chi connectivity index (χ1n) is 5.38. The maximum Gasteiger partial charge on any atom is 0.231 e. The van der Waals surface area contributed by atoms with Crippen LogP contribution < -0.4 is 11.1 Å². The molecule has 0 radical (unpaired) electrons. The van der Waals surface area contributed by atoms with Crippen LogP contribution in [0.1, 0.15) is 23.8 Å². The van der Waals surface area contributed by atoms with E-state index in [0.717, 1.165) is 10.4 Å². The Morgan fingerprint density at radius 1 is 1.71 bits per heavy atom. The van der Waals surface area contributed by atoms with E-state index in [1.165, 1.54) is 0 Å². The third-order valence-corrected chi connectivity index (χ3v) is 3.61. The van der Waals surface area contributed by atoms with E-state index in [1.54, 1.807) is 11.3 Å². The van der Waals surface area contributed by atoms with E-state index in [-0.39, 0.29) is 11.7 Å². The summed E-state index contributed by atoms with van der Waals surface area (Å²) in [7, 11) is 0. The van der Waals surface area contributed by atoms with Crippen LogP contribution in [-0.4, -0.2) is 17.0 Å². The highest BCUT2D eigenvalue weighted by molar-refractivity contribution is 7.10. The number of aryl methyl sites for hydroxylation is 1. The van der Waals surface area contributed by atoms with Crippen LogP contribution in [0.5, 0.6) is 0 Å². The van der Waals surface area contributed by atoms with Gasteiger partial charge in [0.15, 0.2) is 5.84 Å². The predicted molar refractivity (Wildman–Crippen MR) is 68.1 cm³/mol. The average molecular weight is 255 g/mol. The number of nitrogens with one attached hydrogen (secondary N) is 1. The number of rotatable bonds is 5. The molecule has 0 spiro atoms. The van der Waals surface area contributed by atoms with Gasteiger partial charge < -0.3 is 16.3 Å². The van der Waals surface area contributed by atoms with Crippen molar-refractivity contribution in [3.63, 3.8) is 0 Å². The summed E-state index contributed by atoms with van der Waals surface area (Å²) in [5.41, 5.74) is 6.61. The Labute approximate surface area is 104 Å². The lowest BCUT2D eigenvalue weighted by molar-refractivity contribution is -0.123. The number of amides is 1. The van der Waals surface area contributed by atoms with Gasteiger partial charge in [0.25, 0.3) is 0 Å². The van der Waals surface area contributed by atoms with E-state index >= 15 is 0 Å². The van der Waals surface area contributed by atoms with Crippen molar-refractivity contribution < 1.29 is 10.0 Å². The summed E-state index contributed by atoms with van der Waals surface area (Å²) in [5, 5.41) is 16.2. The van der Waals surface area contributed by atoms with Gasteiger partial charge in [-0.05, 0) is 30.4 Å². The van der Waals surface area contributed by atoms with Crippen molar-refractivity contribution in [3.8, 4) is 0 Å². The number of carbonyl (C=O) groups is 1. The van der Waals surface area contributed by atoms with Gasteiger partial charge in [0.1, 0.15) is 0 Å². The van der Waals surface area contributed by atoms with Gasteiger partial charge in [0.2, 0.25) is 5.91 Å². The van der Waals surface area contributed by atoms with E-state index < -0.39 is 5.92 Å². The van der Waals surface area contributed by atoms with E-state index in [2.05, 4.69) is 10.5 Å². The molecule has 1 aromatic rings. The molecule has 0 saturated carbocycles. The number of hydrogen-bond donors (Lipinski definition) is 3. The highest BCUT2D eigenvalue weighted by atomic mass is 32.1. The lowest BCUT2D eigenvalue weighted by Gasteiger charge is -2.13. The molecule has 1 amide bonds.